The first-order valence-corrected chi connectivity index (χ1v) is 7.62. The Morgan fingerprint density at radius 1 is 1.32 bits per heavy atom. The number of amides is 1. The number of rotatable bonds is 3. The van der Waals surface area contributed by atoms with E-state index in [1.807, 2.05) is 25.7 Å². The Morgan fingerprint density at radius 3 is 2.37 bits per heavy atom. The van der Waals surface area contributed by atoms with Crippen molar-refractivity contribution in [2.75, 3.05) is 13.1 Å². The Kier molecular flexibility index (Phi) is 4.39. The molecule has 2 aliphatic rings. The van der Waals surface area contributed by atoms with E-state index in [0.717, 1.165) is 13.0 Å². The van der Waals surface area contributed by atoms with Crippen LogP contribution in [0, 0.1) is 11.8 Å². The minimum absolute atomic E-state index is 0.166. The second-order valence-electron chi connectivity index (χ2n) is 6.97. The molecule has 2 unspecified atom stereocenters. The second-order valence-corrected chi connectivity index (χ2v) is 6.97. The molecule has 0 bridgehead atoms. The van der Waals surface area contributed by atoms with Crippen molar-refractivity contribution in [1.82, 2.24) is 4.90 Å². The average Bonchev–Trinajstić information content (AvgIpc) is 2.73. The molecule has 0 aromatic carbocycles. The zero-order valence-electron chi connectivity index (χ0n) is 12.5. The lowest BCUT2D eigenvalue weighted by Gasteiger charge is -2.47. The molecule has 1 aliphatic heterocycles. The van der Waals surface area contributed by atoms with Crippen molar-refractivity contribution in [1.29, 1.82) is 0 Å². The van der Waals surface area contributed by atoms with Crippen molar-refractivity contribution in [2.24, 2.45) is 17.6 Å². The molecule has 0 spiro atoms. The average molecular weight is 268 g/mol. The van der Waals surface area contributed by atoms with Crippen LogP contribution in [0.4, 0.5) is 4.79 Å². The first-order chi connectivity index (χ1) is 8.92. The van der Waals surface area contributed by atoms with E-state index in [0.29, 0.717) is 24.4 Å². The number of ether oxygens (including phenoxy) is 1. The molecule has 2 rings (SSSR count). The summed E-state index contributed by atoms with van der Waals surface area (Å²) in [6.07, 6.45) is 6.11. The normalized spacial score (nSPS) is 26.1. The minimum atomic E-state index is -0.414. The lowest BCUT2D eigenvalue weighted by Crippen LogP contribution is -2.58. The maximum absolute atomic E-state index is 12.1. The fourth-order valence-corrected chi connectivity index (χ4v) is 3.45. The van der Waals surface area contributed by atoms with E-state index >= 15 is 0 Å². The summed E-state index contributed by atoms with van der Waals surface area (Å²) in [5, 5.41) is 0. The molecule has 2 atom stereocenters. The maximum atomic E-state index is 12.1. The molecule has 1 heterocycles. The fourth-order valence-electron chi connectivity index (χ4n) is 3.45. The van der Waals surface area contributed by atoms with Crippen LogP contribution in [-0.4, -0.2) is 35.7 Å². The van der Waals surface area contributed by atoms with Crippen molar-refractivity contribution >= 4 is 6.09 Å². The smallest absolute Gasteiger partial charge is 0.410 e. The molecular formula is C15H28N2O2. The number of carbonyl (C=O) groups excluding carboxylic acids is 1. The van der Waals surface area contributed by atoms with Gasteiger partial charge in [0.2, 0.25) is 0 Å². The molecule has 2 fully saturated rings. The molecule has 1 amide bonds. The predicted octanol–water partition coefficient (Wildman–Crippen LogP) is 2.76. The number of carbonyl (C=O) groups is 1. The Balaban J connectivity index is 1.94. The summed E-state index contributed by atoms with van der Waals surface area (Å²) in [5.74, 6) is 1.17. The van der Waals surface area contributed by atoms with Crippen molar-refractivity contribution < 1.29 is 9.53 Å². The number of hydrogen-bond donors (Lipinski definition) is 1. The van der Waals surface area contributed by atoms with E-state index < -0.39 is 5.60 Å². The van der Waals surface area contributed by atoms with E-state index in [4.69, 9.17) is 10.5 Å². The molecule has 0 aromatic heterocycles. The third kappa shape index (κ3) is 3.41. The van der Waals surface area contributed by atoms with Crippen LogP contribution >= 0.6 is 0 Å². The minimum Gasteiger partial charge on any atom is -0.444 e. The summed E-state index contributed by atoms with van der Waals surface area (Å²) in [4.78, 5) is 14.0. The Morgan fingerprint density at radius 2 is 1.95 bits per heavy atom. The zero-order valence-corrected chi connectivity index (χ0v) is 12.5. The van der Waals surface area contributed by atoms with Gasteiger partial charge in [-0.15, -0.1) is 0 Å². The summed E-state index contributed by atoms with van der Waals surface area (Å²) in [7, 11) is 0. The quantitative estimate of drug-likeness (QED) is 0.856. The molecule has 4 nitrogen and oxygen atoms in total. The number of nitrogens with two attached hydrogens (primary N) is 1. The van der Waals surface area contributed by atoms with Gasteiger partial charge in [-0.05, 0) is 45.6 Å². The molecule has 110 valence electrons. The first kappa shape index (κ1) is 14.6. The van der Waals surface area contributed by atoms with Gasteiger partial charge in [-0.3, -0.25) is 0 Å². The number of likely N-dealkylation sites (tertiary alicyclic amines) is 1. The van der Waals surface area contributed by atoms with Gasteiger partial charge in [0.25, 0.3) is 0 Å². The van der Waals surface area contributed by atoms with E-state index in [1.54, 1.807) is 0 Å². The molecule has 1 aliphatic carbocycles. The highest BCUT2D eigenvalue weighted by molar-refractivity contribution is 5.69. The van der Waals surface area contributed by atoms with Gasteiger partial charge in [-0.1, -0.05) is 25.7 Å². The molecule has 2 N–H and O–H groups in total. The van der Waals surface area contributed by atoms with Gasteiger partial charge < -0.3 is 15.4 Å². The van der Waals surface area contributed by atoms with Crippen molar-refractivity contribution in [3.8, 4) is 0 Å². The highest BCUT2D eigenvalue weighted by atomic mass is 16.6. The van der Waals surface area contributed by atoms with Crippen LogP contribution in [0.3, 0.4) is 0 Å². The molecule has 1 saturated carbocycles. The van der Waals surface area contributed by atoms with Crippen LogP contribution < -0.4 is 5.73 Å². The monoisotopic (exact) mass is 268 g/mol. The lowest BCUT2D eigenvalue weighted by atomic mass is 9.79. The SMILES string of the molecule is CC(C)(C)OC(=O)N1CCC1C(CN)C1CCCC1. The summed E-state index contributed by atoms with van der Waals surface area (Å²) < 4.78 is 5.48. The van der Waals surface area contributed by atoms with Gasteiger partial charge >= 0.3 is 6.09 Å². The summed E-state index contributed by atoms with van der Waals surface area (Å²) in [6.45, 7) is 7.25. The van der Waals surface area contributed by atoms with Crippen molar-refractivity contribution in [3.63, 3.8) is 0 Å². The summed E-state index contributed by atoms with van der Waals surface area (Å²) in [6, 6.07) is 0.308. The topological polar surface area (TPSA) is 55.6 Å². The van der Waals surface area contributed by atoms with Gasteiger partial charge in [0.1, 0.15) is 5.60 Å². The Bertz CT molecular complexity index is 319. The zero-order chi connectivity index (χ0) is 14.0. The van der Waals surface area contributed by atoms with Gasteiger partial charge in [0.05, 0.1) is 0 Å². The van der Waals surface area contributed by atoms with Gasteiger partial charge in [-0.25, -0.2) is 4.79 Å². The standard InChI is InChI=1S/C15H28N2O2/c1-15(2,3)19-14(18)17-9-8-13(17)12(10-16)11-6-4-5-7-11/h11-13H,4-10,16H2,1-3H3. The van der Waals surface area contributed by atoms with Crippen LogP contribution in [-0.2, 0) is 4.74 Å². The van der Waals surface area contributed by atoms with E-state index in [2.05, 4.69) is 0 Å². The second kappa shape index (κ2) is 5.70. The van der Waals surface area contributed by atoms with Crippen LogP contribution in [0.25, 0.3) is 0 Å². The van der Waals surface area contributed by atoms with Crippen LogP contribution in [0.15, 0.2) is 0 Å². The molecule has 4 heteroatoms. The van der Waals surface area contributed by atoms with Crippen LogP contribution in [0.1, 0.15) is 52.9 Å². The summed E-state index contributed by atoms with van der Waals surface area (Å²) in [5.41, 5.74) is 5.56. The summed E-state index contributed by atoms with van der Waals surface area (Å²) >= 11 is 0. The van der Waals surface area contributed by atoms with Gasteiger partial charge in [0, 0.05) is 12.6 Å². The molecular weight excluding hydrogens is 240 g/mol. The highest BCUT2D eigenvalue weighted by Gasteiger charge is 2.42. The molecule has 0 aromatic rings. The van der Waals surface area contributed by atoms with E-state index in [-0.39, 0.29) is 6.09 Å². The third-order valence-electron chi connectivity index (χ3n) is 4.47. The lowest BCUT2D eigenvalue weighted by molar-refractivity contribution is -0.0237. The Labute approximate surface area is 116 Å². The van der Waals surface area contributed by atoms with E-state index in [1.165, 1.54) is 25.7 Å². The van der Waals surface area contributed by atoms with Gasteiger partial charge in [0.15, 0.2) is 0 Å². The largest absolute Gasteiger partial charge is 0.444 e. The maximum Gasteiger partial charge on any atom is 0.410 e. The van der Waals surface area contributed by atoms with Crippen molar-refractivity contribution in [2.45, 2.75) is 64.5 Å². The number of hydrogen-bond acceptors (Lipinski definition) is 3. The van der Waals surface area contributed by atoms with Gasteiger partial charge in [-0.2, -0.15) is 0 Å². The highest BCUT2D eigenvalue weighted by Crippen LogP contribution is 2.38. The molecule has 19 heavy (non-hydrogen) atoms. The van der Waals surface area contributed by atoms with E-state index in [9.17, 15) is 4.79 Å². The predicted molar refractivity (Wildman–Crippen MR) is 75.8 cm³/mol. The Hall–Kier alpha value is -0.770. The molecule has 0 radical (unpaired) electrons. The van der Waals surface area contributed by atoms with Crippen LogP contribution in [0.2, 0.25) is 0 Å². The third-order valence-corrected chi connectivity index (χ3v) is 4.47. The molecule has 1 saturated heterocycles. The number of nitrogens with zero attached hydrogens (tertiary/aromatic N) is 1. The van der Waals surface area contributed by atoms with Crippen LogP contribution in [0.5, 0.6) is 0 Å². The fraction of sp³-hybridized carbons (Fsp3) is 0.933. The van der Waals surface area contributed by atoms with Crippen molar-refractivity contribution in [3.05, 3.63) is 0 Å². The first-order valence-electron chi connectivity index (χ1n) is 7.62.